The highest BCUT2D eigenvalue weighted by Gasteiger charge is 2.30. The van der Waals surface area contributed by atoms with Crippen LogP contribution < -0.4 is 0 Å². The molecule has 104 valence electrons. The fourth-order valence-corrected chi connectivity index (χ4v) is 1.88. The minimum absolute atomic E-state index is 0.0954. The van der Waals surface area contributed by atoms with Gasteiger partial charge in [0.05, 0.1) is 17.0 Å². The van der Waals surface area contributed by atoms with Gasteiger partial charge < -0.3 is 0 Å². The van der Waals surface area contributed by atoms with Gasteiger partial charge in [-0.25, -0.2) is 0 Å². The van der Waals surface area contributed by atoms with E-state index < -0.39 is 11.7 Å². The van der Waals surface area contributed by atoms with Crippen molar-refractivity contribution in [3.8, 4) is 0 Å². The van der Waals surface area contributed by atoms with E-state index in [9.17, 15) is 18.0 Å². The van der Waals surface area contributed by atoms with Crippen molar-refractivity contribution in [2.45, 2.75) is 12.6 Å². The summed E-state index contributed by atoms with van der Waals surface area (Å²) in [5.41, 5.74) is -0.245. The average molecular weight is 300 g/mol. The normalized spacial score (nSPS) is 11.4. The second-order valence-corrected chi connectivity index (χ2v) is 4.52. The topological polar surface area (TPSA) is 30.0 Å². The predicted molar refractivity (Wildman–Crippen MR) is 68.7 cm³/mol. The monoisotopic (exact) mass is 299 g/mol. The maximum absolute atomic E-state index is 12.4. The van der Waals surface area contributed by atoms with Gasteiger partial charge in [-0.15, -0.1) is 0 Å². The van der Waals surface area contributed by atoms with Crippen LogP contribution in [0.4, 0.5) is 13.2 Å². The first-order valence-corrected chi connectivity index (χ1v) is 6.05. The molecule has 6 heteroatoms. The molecule has 2 rings (SSSR count). The minimum atomic E-state index is -4.43. The number of carbonyl (C=O) groups excluding carboxylic acids is 1. The van der Waals surface area contributed by atoms with Crippen molar-refractivity contribution < 1.29 is 18.0 Å². The lowest BCUT2D eigenvalue weighted by Gasteiger charge is -2.07. The van der Waals surface area contributed by atoms with E-state index in [2.05, 4.69) is 4.98 Å². The first kappa shape index (κ1) is 14.5. The number of pyridine rings is 1. The molecule has 1 aromatic heterocycles. The second-order valence-electron chi connectivity index (χ2n) is 4.12. The Morgan fingerprint density at radius 2 is 1.85 bits per heavy atom. The first-order chi connectivity index (χ1) is 9.38. The summed E-state index contributed by atoms with van der Waals surface area (Å²) in [5, 5.41) is 0.310. The summed E-state index contributed by atoms with van der Waals surface area (Å²) >= 11 is 5.88. The average Bonchev–Trinajstić information content (AvgIpc) is 2.38. The van der Waals surface area contributed by atoms with Crippen LogP contribution in [0.1, 0.15) is 21.6 Å². The molecule has 0 aliphatic rings. The smallest absolute Gasteiger partial charge is 0.294 e. The van der Waals surface area contributed by atoms with E-state index in [0.717, 1.165) is 12.3 Å². The number of rotatable bonds is 3. The fraction of sp³-hybridized carbons (Fsp3) is 0.143. The van der Waals surface area contributed by atoms with E-state index in [1.54, 1.807) is 24.3 Å². The van der Waals surface area contributed by atoms with Crippen molar-refractivity contribution >= 4 is 17.4 Å². The van der Waals surface area contributed by atoms with Gasteiger partial charge in [0.1, 0.15) is 0 Å². The van der Waals surface area contributed by atoms with Gasteiger partial charge in [-0.05, 0) is 24.3 Å². The zero-order valence-electron chi connectivity index (χ0n) is 10.1. The van der Waals surface area contributed by atoms with Crippen LogP contribution in [0.25, 0.3) is 0 Å². The van der Waals surface area contributed by atoms with E-state index in [1.807, 2.05) is 0 Å². The van der Waals surface area contributed by atoms with Gasteiger partial charge in [-0.2, -0.15) is 13.2 Å². The highest BCUT2D eigenvalue weighted by atomic mass is 35.5. The molecule has 0 atom stereocenters. The third kappa shape index (κ3) is 3.36. The molecule has 2 aromatic rings. The summed E-state index contributed by atoms with van der Waals surface area (Å²) in [5.74, 6) is -0.289. The number of hydrogen-bond acceptors (Lipinski definition) is 2. The summed E-state index contributed by atoms with van der Waals surface area (Å²) in [6.45, 7) is 0. The van der Waals surface area contributed by atoms with Crippen molar-refractivity contribution in [2.24, 2.45) is 0 Å². The van der Waals surface area contributed by atoms with Crippen molar-refractivity contribution in [3.63, 3.8) is 0 Å². The third-order valence-electron chi connectivity index (χ3n) is 2.67. The molecule has 20 heavy (non-hydrogen) atoms. The SMILES string of the molecule is O=C(Cc1ccc(C(F)(F)F)cn1)c1ccccc1Cl. The van der Waals surface area contributed by atoms with Crippen LogP contribution in [0, 0.1) is 0 Å². The van der Waals surface area contributed by atoms with Gasteiger partial charge in [-0.1, -0.05) is 23.7 Å². The number of Topliss-reactive ketones (excluding diaryl/α,β-unsaturated/α-hetero) is 1. The van der Waals surface area contributed by atoms with Gasteiger partial charge in [0, 0.05) is 17.5 Å². The molecule has 0 aliphatic carbocycles. The van der Waals surface area contributed by atoms with Crippen molar-refractivity contribution in [2.75, 3.05) is 0 Å². The highest BCUT2D eigenvalue weighted by Crippen LogP contribution is 2.28. The molecule has 1 aromatic carbocycles. The van der Waals surface area contributed by atoms with Crippen molar-refractivity contribution in [1.29, 1.82) is 0 Å². The zero-order valence-corrected chi connectivity index (χ0v) is 10.9. The molecule has 0 unspecified atom stereocenters. The third-order valence-corrected chi connectivity index (χ3v) is 3.00. The Balaban J connectivity index is 2.15. The molecule has 2 nitrogen and oxygen atoms in total. The lowest BCUT2D eigenvalue weighted by atomic mass is 10.1. The van der Waals surface area contributed by atoms with Crippen LogP contribution in [-0.2, 0) is 12.6 Å². The molecule has 0 saturated carbocycles. The highest BCUT2D eigenvalue weighted by molar-refractivity contribution is 6.34. The minimum Gasteiger partial charge on any atom is -0.294 e. The molecule has 0 amide bonds. The number of ketones is 1. The Labute approximate surface area is 118 Å². The number of benzene rings is 1. The van der Waals surface area contributed by atoms with E-state index >= 15 is 0 Å². The number of alkyl halides is 3. The fourth-order valence-electron chi connectivity index (χ4n) is 1.64. The van der Waals surface area contributed by atoms with Crippen LogP contribution in [-0.4, -0.2) is 10.8 Å². The standard InChI is InChI=1S/C14H9ClF3NO/c15-12-4-2-1-3-11(12)13(20)7-10-6-5-9(8-19-10)14(16,17)18/h1-6,8H,7H2. The predicted octanol–water partition coefficient (Wildman–Crippen LogP) is 4.18. The molecule has 0 fully saturated rings. The van der Waals surface area contributed by atoms with E-state index in [4.69, 9.17) is 11.6 Å². The summed E-state index contributed by atoms with van der Waals surface area (Å²) in [7, 11) is 0. The van der Waals surface area contributed by atoms with E-state index in [1.165, 1.54) is 6.07 Å². The molecular formula is C14H9ClF3NO. The first-order valence-electron chi connectivity index (χ1n) is 5.68. The zero-order chi connectivity index (χ0) is 14.8. The van der Waals surface area contributed by atoms with Crippen LogP contribution in [0.5, 0.6) is 0 Å². The lowest BCUT2D eigenvalue weighted by Crippen LogP contribution is -2.09. The van der Waals surface area contributed by atoms with Crippen LogP contribution in [0.3, 0.4) is 0 Å². The summed E-state index contributed by atoms with van der Waals surface area (Å²) < 4.78 is 37.1. The second kappa shape index (κ2) is 5.63. The Morgan fingerprint density at radius 1 is 1.15 bits per heavy atom. The summed E-state index contributed by atoms with van der Waals surface area (Å²) in [6, 6.07) is 8.60. The van der Waals surface area contributed by atoms with Crippen LogP contribution >= 0.6 is 11.6 Å². The van der Waals surface area contributed by atoms with Crippen LogP contribution in [0.2, 0.25) is 5.02 Å². The summed E-state index contributed by atoms with van der Waals surface area (Å²) in [6.07, 6.45) is -3.81. The lowest BCUT2D eigenvalue weighted by molar-refractivity contribution is -0.137. The quantitative estimate of drug-likeness (QED) is 0.796. The molecular weight excluding hydrogens is 291 g/mol. The largest absolute Gasteiger partial charge is 0.417 e. The molecule has 0 bridgehead atoms. The number of aromatic nitrogens is 1. The molecule has 0 spiro atoms. The number of halogens is 4. The van der Waals surface area contributed by atoms with Gasteiger partial charge in [0.15, 0.2) is 5.78 Å². The van der Waals surface area contributed by atoms with Gasteiger partial charge in [-0.3, -0.25) is 9.78 Å². The molecule has 1 heterocycles. The van der Waals surface area contributed by atoms with Crippen LogP contribution in [0.15, 0.2) is 42.6 Å². The number of hydrogen-bond donors (Lipinski definition) is 0. The Morgan fingerprint density at radius 3 is 2.40 bits per heavy atom. The Bertz CT molecular complexity index is 623. The van der Waals surface area contributed by atoms with Gasteiger partial charge in [0.2, 0.25) is 0 Å². The van der Waals surface area contributed by atoms with Gasteiger partial charge >= 0.3 is 6.18 Å². The van der Waals surface area contributed by atoms with E-state index in [-0.39, 0.29) is 17.9 Å². The number of carbonyl (C=O) groups is 1. The maximum atomic E-state index is 12.4. The molecule has 0 aliphatic heterocycles. The molecule has 0 radical (unpaired) electrons. The van der Waals surface area contributed by atoms with E-state index in [0.29, 0.717) is 10.6 Å². The Kier molecular flexibility index (Phi) is 4.09. The number of nitrogens with zero attached hydrogens (tertiary/aromatic N) is 1. The molecule has 0 saturated heterocycles. The Hall–Kier alpha value is -1.88. The van der Waals surface area contributed by atoms with Gasteiger partial charge in [0.25, 0.3) is 0 Å². The maximum Gasteiger partial charge on any atom is 0.417 e. The molecule has 0 N–H and O–H groups in total. The summed E-state index contributed by atoms with van der Waals surface area (Å²) in [4.78, 5) is 15.6. The van der Waals surface area contributed by atoms with Crippen molar-refractivity contribution in [1.82, 2.24) is 4.98 Å². The van der Waals surface area contributed by atoms with Crippen molar-refractivity contribution in [3.05, 3.63) is 64.4 Å².